The summed E-state index contributed by atoms with van der Waals surface area (Å²) in [6.07, 6.45) is 2.07. The van der Waals surface area contributed by atoms with Crippen LogP contribution in [0.2, 0.25) is 5.25 Å². The van der Waals surface area contributed by atoms with Gasteiger partial charge < -0.3 is 0 Å². The fourth-order valence-corrected chi connectivity index (χ4v) is 1.04. The molecule has 0 saturated heterocycles. The Morgan fingerprint density at radius 1 is 1.55 bits per heavy atom. The van der Waals surface area contributed by atoms with E-state index in [2.05, 4.69) is 23.1 Å². The molecule has 0 aromatic heterocycles. The fraction of sp³-hybridized carbons (Fsp3) is 0.625. The monoisotopic (exact) mass is 215 g/mol. The maximum absolute atomic E-state index is 10.8. The summed E-state index contributed by atoms with van der Waals surface area (Å²) in [5, 5.41) is 1.14. The van der Waals surface area contributed by atoms with E-state index in [1.165, 1.54) is 0 Å². The van der Waals surface area contributed by atoms with Gasteiger partial charge in [-0.15, -0.1) is 0 Å². The van der Waals surface area contributed by atoms with Crippen molar-refractivity contribution in [3.8, 4) is 0 Å². The molecule has 0 rings (SSSR count). The maximum atomic E-state index is 10.8. The molecule has 0 amide bonds. The Balaban J connectivity index is 3.25. The van der Waals surface area contributed by atoms with Gasteiger partial charge in [0.25, 0.3) is 0 Å². The van der Waals surface area contributed by atoms with Crippen LogP contribution >= 0.6 is 0 Å². The van der Waals surface area contributed by atoms with Crippen LogP contribution in [0.3, 0.4) is 0 Å². The second-order valence-electron chi connectivity index (χ2n) is 2.37. The molecular formula is C8H13GeO2. The first-order valence-electron chi connectivity index (χ1n) is 3.65. The van der Waals surface area contributed by atoms with Crippen molar-refractivity contribution >= 4 is 22.5 Å². The van der Waals surface area contributed by atoms with Crippen LogP contribution in [0.4, 0.5) is 0 Å². The first-order valence-corrected chi connectivity index (χ1v) is 5.14. The molecule has 0 aliphatic rings. The molecule has 0 aliphatic heterocycles. The van der Waals surface area contributed by atoms with Crippen LogP contribution in [0.15, 0.2) is 12.2 Å². The molecule has 0 aromatic rings. The molecule has 0 N–H and O–H groups in total. The van der Waals surface area contributed by atoms with Crippen LogP contribution in [0.5, 0.6) is 0 Å². The zero-order valence-corrected chi connectivity index (χ0v) is 8.95. The summed E-state index contributed by atoms with van der Waals surface area (Å²) in [6, 6.07) is 0. The van der Waals surface area contributed by atoms with E-state index in [1.54, 1.807) is 6.92 Å². The number of rotatable bonds is 5. The molecule has 2 nitrogen and oxygen atoms in total. The van der Waals surface area contributed by atoms with Crippen molar-refractivity contribution < 1.29 is 9.53 Å². The molecule has 0 bridgehead atoms. The number of esters is 1. The fourth-order valence-electron chi connectivity index (χ4n) is 0.515. The molecule has 0 fully saturated rings. The van der Waals surface area contributed by atoms with Crippen molar-refractivity contribution in [2.45, 2.75) is 25.0 Å². The Labute approximate surface area is 76.2 Å². The summed E-state index contributed by atoms with van der Waals surface area (Å²) in [4.78, 5) is 10.8. The molecule has 11 heavy (non-hydrogen) atoms. The molecule has 0 saturated carbocycles. The van der Waals surface area contributed by atoms with E-state index in [0.29, 0.717) is 12.2 Å². The standard InChI is InChI=1S/C8H13GeO2/c1-7(2)8(10)11-6-4-3-5-9/h1,3-6H2,2H3. The van der Waals surface area contributed by atoms with E-state index in [1.807, 2.05) is 0 Å². The average Bonchev–Trinajstić information content (AvgIpc) is 1.97. The second-order valence-corrected chi connectivity index (χ2v) is 3.42. The van der Waals surface area contributed by atoms with Gasteiger partial charge in [0.15, 0.2) is 0 Å². The van der Waals surface area contributed by atoms with Crippen molar-refractivity contribution in [3.63, 3.8) is 0 Å². The summed E-state index contributed by atoms with van der Waals surface area (Å²) in [5.74, 6) is -0.277. The van der Waals surface area contributed by atoms with Crippen LogP contribution in [0, 0.1) is 0 Å². The van der Waals surface area contributed by atoms with Gasteiger partial charge in [0, 0.05) is 0 Å². The van der Waals surface area contributed by atoms with E-state index in [-0.39, 0.29) is 5.97 Å². The first-order chi connectivity index (χ1) is 5.18. The Hall–Kier alpha value is -0.247. The van der Waals surface area contributed by atoms with Crippen molar-refractivity contribution in [1.29, 1.82) is 0 Å². The van der Waals surface area contributed by atoms with E-state index < -0.39 is 0 Å². The average molecular weight is 214 g/mol. The van der Waals surface area contributed by atoms with Gasteiger partial charge in [-0.05, 0) is 0 Å². The van der Waals surface area contributed by atoms with Crippen molar-refractivity contribution in [3.05, 3.63) is 12.2 Å². The van der Waals surface area contributed by atoms with Crippen LogP contribution in [0.25, 0.3) is 0 Å². The van der Waals surface area contributed by atoms with Crippen molar-refractivity contribution in [1.82, 2.24) is 0 Å². The van der Waals surface area contributed by atoms with Gasteiger partial charge in [-0.1, -0.05) is 0 Å². The summed E-state index contributed by atoms with van der Waals surface area (Å²) in [7, 11) is 0. The Bertz CT molecular complexity index is 143. The SMILES string of the molecule is C=C(C)C(=O)OCCC[CH2][Ge]. The summed E-state index contributed by atoms with van der Waals surface area (Å²) >= 11 is 2.11. The molecule has 0 spiro atoms. The molecular weight excluding hydrogens is 201 g/mol. The topological polar surface area (TPSA) is 26.3 Å². The zero-order chi connectivity index (χ0) is 8.69. The van der Waals surface area contributed by atoms with Gasteiger partial charge in [0.1, 0.15) is 0 Å². The molecule has 61 valence electrons. The molecule has 3 radical (unpaired) electrons. The van der Waals surface area contributed by atoms with E-state index in [9.17, 15) is 4.79 Å². The van der Waals surface area contributed by atoms with Crippen LogP contribution in [0.1, 0.15) is 19.8 Å². The third-order valence-corrected chi connectivity index (χ3v) is 1.89. The third kappa shape index (κ3) is 6.16. The number of carbonyl (C=O) groups excluding carboxylic acids is 1. The molecule has 0 aliphatic carbocycles. The van der Waals surface area contributed by atoms with Crippen LogP contribution in [-0.4, -0.2) is 29.1 Å². The zero-order valence-electron chi connectivity index (χ0n) is 6.85. The molecule has 3 heteroatoms. The van der Waals surface area contributed by atoms with E-state index in [4.69, 9.17) is 4.74 Å². The number of carbonyl (C=O) groups is 1. The number of unbranched alkanes of at least 4 members (excludes halogenated alkanes) is 1. The number of hydrogen-bond donors (Lipinski definition) is 0. The third-order valence-electron chi connectivity index (χ3n) is 1.15. The van der Waals surface area contributed by atoms with Crippen LogP contribution in [-0.2, 0) is 9.53 Å². The predicted octanol–water partition coefficient (Wildman–Crippen LogP) is 1.47. The van der Waals surface area contributed by atoms with Gasteiger partial charge >= 0.3 is 75.8 Å². The molecule has 0 unspecified atom stereocenters. The van der Waals surface area contributed by atoms with Crippen molar-refractivity contribution in [2.24, 2.45) is 0 Å². The molecule has 0 heterocycles. The Morgan fingerprint density at radius 3 is 2.64 bits per heavy atom. The van der Waals surface area contributed by atoms with E-state index in [0.717, 1.165) is 18.1 Å². The normalized spacial score (nSPS) is 9.27. The number of hydrogen-bond acceptors (Lipinski definition) is 2. The van der Waals surface area contributed by atoms with Crippen molar-refractivity contribution in [2.75, 3.05) is 6.61 Å². The van der Waals surface area contributed by atoms with E-state index >= 15 is 0 Å². The summed E-state index contributed by atoms with van der Waals surface area (Å²) in [6.45, 7) is 5.66. The predicted molar refractivity (Wildman–Crippen MR) is 45.6 cm³/mol. The van der Waals surface area contributed by atoms with Gasteiger partial charge in [-0.3, -0.25) is 0 Å². The molecule has 0 atom stereocenters. The summed E-state index contributed by atoms with van der Waals surface area (Å²) in [5.41, 5.74) is 0.474. The van der Waals surface area contributed by atoms with Gasteiger partial charge in [0.05, 0.1) is 0 Å². The van der Waals surface area contributed by atoms with Gasteiger partial charge in [-0.2, -0.15) is 0 Å². The summed E-state index contributed by atoms with van der Waals surface area (Å²) < 4.78 is 4.87. The van der Waals surface area contributed by atoms with Crippen LogP contribution < -0.4 is 0 Å². The van der Waals surface area contributed by atoms with Gasteiger partial charge in [0.2, 0.25) is 0 Å². The first kappa shape index (κ1) is 10.8. The minimum absolute atomic E-state index is 0.277. The minimum atomic E-state index is -0.277. The van der Waals surface area contributed by atoms with Gasteiger partial charge in [-0.25, -0.2) is 0 Å². The molecule has 0 aromatic carbocycles. The quantitative estimate of drug-likeness (QED) is 0.299. The Kier molecular flexibility index (Phi) is 6.32. The number of ether oxygens (including phenoxy) is 1. The second kappa shape index (κ2) is 6.46. The Morgan fingerprint density at radius 2 is 2.18 bits per heavy atom.